The smallest absolute Gasteiger partial charge is 0.353 e. The molecule has 0 aliphatic rings. The van der Waals surface area contributed by atoms with Gasteiger partial charge in [0.1, 0.15) is 5.82 Å². The van der Waals surface area contributed by atoms with Gasteiger partial charge in [0, 0.05) is 13.7 Å². The van der Waals surface area contributed by atoms with E-state index in [4.69, 9.17) is 12.6 Å². The predicted octanol–water partition coefficient (Wildman–Crippen LogP) is -0.663. The zero-order chi connectivity index (χ0) is 12.8. The van der Waals surface area contributed by atoms with Crippen LogP contribution in [-0.2, 0) is 17.8 Å². The van der Waals surface area contributed by atoms with Gasteiger partial charge in [0.2, 0.25) is 0 Å². The number of ether oxygens (including phenoxy) is 1. The number of hydrogen-bond donors (Lipinski definition) is 0. The van der Waals surface area contributed by atoms with E-state index < -0.39 is 5.69 Å². The van der Waals surface area contributed by atoms with Crippen molar-refractivity contribution in [2.24, 2.45) is 0 Å². The second kappa shape index (κ2) is 6.39. The summed E-state index contributed by atoms with van der Waals surface area (Å²) in [5.74, 6) is 0.404. The van der Waals surface area contributed by atoms with Crippen molar-refractivity contribution >= 4 is 7.85 Å². The van der Waals surface area contributed by atoms with Crippen molar-refractivity contribution in [1.29, 1.82) is 0 Å². The third-order valence-electron chi connectivity index (χ3n) is 2.45. The van der Waals surface area contributed by atoms with Crippen molar-refractivity contribution < 1.29 is 4.74 Å². The van der Waals surface area contributed by atoms with Crippen molar-refractivity contribution in [1.82, 2.24) is 14.1 Å². The second-order valence-electron chi connectivity index (χ2n) is 3.66. The lowest BCUT2D eigenvalue weighted by molar-refractivity contribution is 0.183. The van der Waals surface area contributed by atoms with Gasteiger partial charge in [-0.2, -0.15) is 4.98 Å². The van der Waals surface area contributed by atoms with E-state index in [-0.39, 0.29) is 5.69 Å². The fourth-order valence-corrected chi connectivity index (χ4v) is 1.51. The Morgan fingerprint density at radius 1 is 1.29 bits per heavy atom. The number of hydrogen-bond acceptors (Lipinski definition) is 4. The average molecular weight is 237 g/mol. The minimum Gasteiger partial charge on any atom is -0.383 e. The van der Waals surface area contributed by atoms with Crippen LogP contribution in [0.1, 0.15) is 12.2 Å². The molecule has 0 amide bonds. The van der Waals surface area contributed by atoms with E-state index in [0.29, 0.717) is 38.3 Å². The molecular weight excluding hydrogens is 221 g/mol. The highest BCUT2D eigenvalue weighted by Gasteiger charge is 2.09. The predicted molar refractivity (Wildman–Crippen MR) is 64.5 cm³/mol. The van der Waals surface area contributed by atoms with Crippen LogP contribution in [0.4, 0.5) is 0 Å². The summed E-state index contributed by atoms with van der Waals surface area (Å²) < 4.78 is 7.45. The van der Waals surface area contributed by atoms with Crippen LogP contribution in [0.25, 0.3) is 0 Å². The van der Waals surface area contributed by atoms with Crippen molar-refractivity contribution in [2.75, 3.05) is 13.7 Å². The minimum absolute atomic E-state index is 0.300. The monoisotopic (exact) mass is 237 g/mol. The molecule has 1 rings (SSSR count). The number of aryl methyl sites for hydroxylation is 1. The zero-order valence-electron chi connectivity index (χ0n) is 10.2. The second-order valence-corrected chi connectivity index (χ2v) is 3.66. The molecule has 7 heteroatoms. The fraction of sp³-hybridized carbons (Fsp3) is 0.700. The Balaban J connectivity index is 3.13. The van der Waals surface area contributed by atoms with Gasteiger partial charge in [-0.1, -0.05) is 6.32 Å². The van der Waals surface area contributed by atoms with Crippen LogP contribution >= 0.6 is 0 Å². The van der Waals surface area contributed by atoms with Gasteiger partial charge >= 0.3 is 11.4 Å². The van der Waals surface area contributed by atoms with E-state index in [9.17, 15) is 9.59 Å². The summed E-state index contributed by atoms with van der Waals surface area (Å²) in [6, 6.07) is 0. The van der Waals surface area contributed by atoms with E-state index in [1.54, 1.807) is 14.0 Å². The van der Waals surface area contributed by atoms with E-state index in [2.05, 4.69) is 4.98 Å². The van der Waals surface area contributed by atoms with Crippen LogP contribution in [0.2, 0.25) is 6.32 Å². The lowest BCUT2D eigenvalue weighted by atomic mass is 10.0. The highest BCUT2D eigenvalue weighted by Crippen LogP contribution is 1.90. The van der Waals surface area contributed by atoms with E-state index >= 15 is 0 Å². The van der Waals surface area contributed by atoms with Crippen LogP contribution in [0.15, 0.2) is 9.59 Å². The summed E-state index contributed by atoms with van der Waals surface area (Å²) in [4.78, 5) is 27.4. The van der Waals surface area contributed by atoms with Gasteiger partial charge in [-0.15, -0.1) is 0 Å². The lowest BCUT2D eigenvalue weighted by Crippen LogP contribution is -2.43. The summed E-state index contributed by atoms with van der Waals surface area (Å²) in [7, 11) is 6.91. The van der Waals surface area contributed by atoms with E-state index in [1.165, 1.54) is 4.57 Å². The van der Waals surface area contributed by atoms with Crippen LogP contribution in [0.5, 0.6) is 0 Å². The molecule has 6 nitrogen and oxygen atoms in total. The largest absolute Gasteiger partial charge is 0.383 e. The molecule has 0 fully saturated rings. The van der Waals surface area contributed by atoms with Gasteiger partial charge in [0.25, 0.3) is 0 Å². The summed E-state index contributed by atoms with van der Waals surface area (Å²) in [6.07, 6.45) is 1.00. The maximum absolute atomic E-state index is 12.0. The van der Waals surface area contributed by atoms with Gasteiger partial charge in [0.15, 0.2) is 0 Å². The number of rotatable bonds is 6. The lowest BCUT2D eigenvalue weighted by Gasteiger charge is -2.11. The van der Waals surface area contributed by atoms with Crippen molar-refractivity contribution in [2.45, 2.75) is 32.8 Å². The fourth-order valence-electron chi connectivity index (χ4n) is 1.51. The molecule has 17 heavy (non-hydrogen) atoms. The molecular formula is C10H16BN3O3. The van der Waals surface area contributed by atoms with Crippen molar-refractivity contribution in [3.05, 3.63) is 26.8 Å². The Bertz CT molecular complexity index is 481. The molecule has 1 heterocycles. The van der Waals surface area contributed by atoms with Crippen molar-refractivity contribution in [3.8, 4) is 0 Å². The average Bonchev–Trinajstić information content (AvgIpc) is 2.28. The molecule has 92 valence electrons. The SMILES string of the molecule is [B]CCCn1c(=O)nc(C)n(CCOC)c1=O. The molecule has 0 saturated heterocycles. The Kier molecular flexibility index (Phi) is 5.15. The van der Waals surface area contributed by atoms with Crippen molar-refractivity contribution in [3.63, 3.8) is 0 Å². The molecule has 0 aromatic carbocycles. The van der Waals surface area contributed by atoms with Gasteiger partial charge in [0.05, 0.1) is 21.0 Å². The van der Waals surface area contributed by atoms with Gasteiger partial charge < -0.3 is 4.74 Å². The quantitative estimate of drug-likeness (QED) is 0.616. The Morgan fingerprint density at radius 2 is 2.00 bits per heavy atom. The molecule has 2 radical (unpaired) electrons. The molecule has 0 atom stereocenters. The first kappa shape index (κ1) is 13.7. The van der Waals surface area contributed by atoms with Gasteiger partial charge in [-0.05, 0) is 13.3 Å². The Labute approximate surface area is 101 Å². The molecule has 0 aliphatic carbocycles. The molecule has 1 aromatic heterocycles. The zero-order valence-corrected chi connectivity index (χ0v) is 10.2. The standard InChI is InChI=1S/C10H16BN3O3/c1-8-12-9(15)14(5-3-4-11)10(16)13(8)6-7-17-2/h3-7H2,1-2H3. The Hall–Kier alpha value is -1.37. The first-order valence-corrected chi connectivity index (χ1v) is 5.49. The molecule has 0 N–H and O–H groups in total. The van der Waals surface area contributed by atoms with Gasteiger partial charge in [-0.3, -0.25) is 4.57 Å². The van der Waals surface area contributed by atoms with Crippen LogP contribution in [0.3, 0.4) is 0 Å². The summed E-state index contributed by atoms with van der Waals surface area (Å²) in [5.41, 5.74) is -0.873. The van der Waals surface area contributed by atoms with E-state index in [0.717, 1.165) is 4.57 Å². The first-order valence-electron chi connectivity index (χ1n) is 5.49. The summed E-state index contributed by atoms with van der Waals surface area (Å²) in [5, 5.41) is 0. The normalized spacial score (nSPS) is 10.7. The topological polar surface area (TPSA) is 66.1 Å². The maximum Gasteiger partial charge on any atom is 0.353 e. The molecule has 0 spiro atoms. The number of aromatic nitrogens is 3. The summed E-state index contributed by atoms with van der Waals surface area (Å²) in [6.45, 7) is 2.72. The highest BCUT2D eigenvalue weighted by molar-refractivity contribution is 6.08. The number of nitrogens with zero attached hydrogens (tertiary/aromatic N) is 3. The summed E-state index contributed by atoms with van der Waals surface area (Å²) >= 11 is 0. The molecule has 0 aliphatic heterocycles. The van der Waals surface area contributed by atoms with E-state index in [1.807, 2.05) is 0 Å². The third kappa shape index (κ3) is 3.29. The molecule has 1 aromatic rings. The molecule has 0 bridgehead atoms. The molecule has 0 saturated carbocycles. The highest BCUT2D eigenvalue weighted by atomic mass is 16.5. The minimum atomic E-state index is -0.519. The third-order valence-corrected chi connectivity index (χ3v) is 2.45. The van der Waals surface area contributed by atoms with Crippen LogP contribution in [-0.4, -0.2) is 35.7 Å². The first-order chi connectivity index (χ1) is 8.11. The maximum atomic E-state index is 12.0. The van der Waals surface area contributed by atoms with Crippen LogP contribution in [0, 0.1) is 6.92 Å². The van der Waals surface area contributed by atoms with Crippen LogP contribution < -0.4 is 11.4 Å². The van der Waals surface area contributed by atoms with Gasteiger partial charge in [-0.25, -0.2) is 14.2 Å². The number of methoxy groups -OCH3 is 1. The molecule has 0 unspecified atom stereocenters. The Morgan fingerprint density at radius 3 is 2.59 bits per heavy atom.